The van der Waals surface area contributed by atoms with Gasteiger partial charge in [0, 0.05) is 0 Å². The number of carbonyl (C=O) groups excluding carboxylic acids is 1. The average Bonchev–Trinajstić information content (AvgIpc) is 2.49. The fraction of sp³-hybridized carbons (Fsp3) is 0.235. The second-order valence-corrected chi connectivity index (χ2v) is 7.81. The summed E-state index contributed by atoms with van der Waals surface area (Å²) in [4.78, 5) is 12.1. The molecule has 23 heavy (non-hydrogen) atoms. The van der Waals surface area contributed by atoms with E-state index in [2.05, 4.69) is 0 Å². The molecule has 0 heterocycles. The van der Waals surface area contributed by atoms with E-state index in [0.717, 1.165) is 11.1 Å². The molecule has 0 aromatic heterocycles. The van der Waals surface area contributed by atoms with Crippen molar-refractivity contribution in [1.29, 1.82) is 0 Å². The maximum Gasteiger partial charge on any atom is 0.312 e. The van der Waals surface area contributed by atoms with E-state index < -0.39 is 15.8 Å². The summed E-state index contributed by atoms with van der Waals surface area (Å²) in [5, 5.41) is 0.311. The third-order valence-corrected chi connectivity index (χ3v) is 5.31. The second-order valence-electron chi connectivity index (χ2n) is 5.29. The van der Waals surface area contributed by atoms with Crippen LogP contribution in [-0.4, -0.2) is 20.1 Å². The van der Waals surface area contributed by atoms with Gasteiger partial charge in [-0.05, 0) is 43.7 Å². The van der Waals surface area contributed by atoms with Crippen LogP contribution in [0, 0.1) is 13.8 Å². The highest BCUT2D eigenvalue weighted by Crippen LogP contribution is 2.25. The summed E-state index contributed by atoms with van der Waals surface area (Å²) in [5.41, 5.74) is 1.86. The zero-order valence-corrected chi connectivity index (χ0v) is 14.4. The number of aryl methyl sites for hydroxylation is 2. The molecule has 2 rings (SSSR count). The van der Waals surface area contributed by atoms with Gasteiger partial charge in [0.2, 0.25) is 0 Å². The quantitative estimate of drug-likeness (QED) is 0.607. The van der Waals surface area contributed by atoms with Crippen LogP contribution in [0.1, 0.15) is 17.5 Å². The fourth-order valence-electron chi connectivity index (χ4n) is 1.94. The van der Waals surface area contributed by atoms with Gasteiger partial charge in [0.15, 0.2) is 9.84 Å². The van der Waals surface area contributed by atoms with Gasteiger partial charge in [-0.3, -0.25) is 4.79 Å². The zero-order valence-electron chi connectivity index (χ0n) is 12.9. The Morgan fingerprint density at radius 1 is 1.04 bits per heavy atom. The molecule has 0 saturated carbocycles. The van der Waals surface area contributed by atoms with Crippen molar-refractivity contribution in [2.75, 3.05) is 5.75 Å². The Balaban J connectivity index is 2.01. The van der Waals surface area contributed by atoms with Crippen molar-refractivity contribution in [2.24, 2.45) is 0 Å². The average molecular weight is 353 g/mol. The SMILES string of the molecule is Cc1ccc(S(=O)(=O)CCC(=O)Oc2cc(C)ccc2Cl)cc1. The molecule has 0 atom stereocenters. The van der Waals surface area contributed by atoms with E-state index in [1.165, 1.54) is 12.1 Å². The van der Waals surface area contributed by atoms with E-state index in [1.54, 1.807) is 30.3 Å². The maximum atomic E-state index is 12.2. The number of hydrogen-bond acceptors (Lipinski definition) is 4. The molecule has 0 aliphatic heterocycles. The topological polar surface area (TPSA) is 60.4 Å². The van der Waals surface area contributed by atoms with Crippen LogP contribution < -0.4 is 4.74 Å². The lowest BCUT2D eigenvalue weighted by atomic mass is 10.2. The number of carbonyl (C=O) groups is 1. The van der Waals surface area contributed by atoms with Gasteiger partial charge in [-0.15, -0.1) is 0 Å². The summed E-state index contributed by atoms with van der Waals surface area (Å²) in [6.45, 7) is 3.72. The highest BCUT2D eigenvalue weighted by molar-refractivity contribution is 7.91. The first kappa shape index (κ1) is 17.5. The predicted octanol–water partition coefficient (Wildman–Crippen LogP) is 3.73. The first-order valence-electron chi connectivity index (χ1n) is 7.04. The minimum absolute atomic E-state index is 0.199. The Morgan fingerprint density at radius 2 is 1.65 bits per heavy atom. The molecule has 2 aromatic carbocycles. The monoisotopic (exact) mass is 352 g/mol. The Hall–Kier alpha value is -1.85. The smallest absolute Gasteiger partial charge is 0.312 e. The Morgan fingerprint density at radius 3 is 2.30 bits per heavy atom. The Bertz CT molecular complexity index is 811. The molecule has 0 aliphatic rings. The van der Waals surface area contributed by atoms with Crippen molar-refractivity contribution in [3.63, 3.8) is 0 Å². The fourth-order valence-corrected chi connectivity index (χ4v) is 3.32. The second kappa shape index (κ2) is 7.15. The lowest BCUT2D eigenvalue weighted by molar-refractivity contribution is -0.133. The number of sulfone groups is 1. The largest absolute Gasteiger partial charge is 0.425 e. The number of benzene rings is 2. The highest BCUT2D eigenvalue weighted by Gasteiger charge is 2.18. The van der Waals surface area contributed by atoms with Crippen LogP contribution in [0.4, 0.5) is 0 Å². The first-order valence-corrected chi connectivity index (χ1v) is 9.07. The summed E-state index contributed by atoms with van der Waals surface area (Å²) < 4.78 is 29.5. The molecule has 0 spiro atoms. The lowest BCUT2D eigenvalue weighted by Crippen LogP contribution is -2.15. The molecule has 0 radical (unpaired) electrons. The van der Waals surface area contributed by atoms with Crippen LogP contribution in [0.5, 0.6) is 5.75 Å². The van der Waals surface area contributed by atoms with Crippen LogP contribution in [0.3, 0.4) is 0 Å². The molecule has 0 aliphatic carbocycles. The van der Waals surface area contributed by atoms with Gasteiger partial charge < -0.3 is 4.74 Å². The van der Waals surface area contributed by atoms with Crippen LogP contribution in [0.25, 0.3) is 0 Å². The summed E-state index contributed by atoms with van der Waals surface area (Å²) in [5.74, 6) is -0.698. The summed E-state index contributed by atoms with van der Waals surface area (Å²) in [6, 6.07) is 11.6. The molecular formula is C17H17ClO4S. The van der Waals surface area contributed by atoms with Crippen molar-refractivity contribution in [3.05, 3.63) is 58.6 Å². The number of ether oxygens (including phenoxy) is 1. The van der Waals surface area contributed by atoms with Gasteiger partial charge in [0.1, 0.15) is 5.75 Å². The third-order valence-electron chi connectivity index (χ3n) is 3.27. The van der Waals surface area contributed by atoms with Gasteiger partial charge in [0.05, 0.1) is 22.1 Å². The molecular weight excluding hydrogens is 336 g/mol. The van der Waals surface area contributed by atoms with Gasteiger partial charge in [-0.1, -0.05) is 35.4 Å². The molecule has 0 bridgehead atoms. The standard InChI is InChI=1S/C17H17ClO4S/c1-12-3-6-14(7-4-12)23(20,21)10-9-17(19)22-16-11-13(2)5-8-15(16)18/h3-8,11H,9-10H2,1-2H3. The van der Waals surface area contributed by atoms with E-state index in [4.69, 9.17) is 16.3 Å². The van der Waals surface area contributed by atoms with Crippen LogP contribution >= 0.6 is 11.6 Å². The minimum Gasteiger partial charge on any atom is -0.425 e. The first-order chi connectivity index (χ1) is 10.8. The van der Waals surface area contributed by atoms with Crippen molar-refractivity contribution >= 4 is 27.4 Å². The molecule has 0 amide bonds. The molecule has 122 valence electrons. The molecule has 0 N–H and O–H groups in total. The zero-order chi connectivity index (χ0) is 17.0. The highest BCUT2D eigenvalue weighted by atomic mass is 35.5. The van der Waals surface area contributed by atoms with Gasteiger partial charge in [-0.2, -0.15) is 0 Å². The predicted molar refractivity (Wildman–Crippen MR) is 89.7 cm³/mol. The molecule has 4 nitrogen and oxygen atoms in total. The number of halogens is 1. The van der Waals surface area contributed by atoms with Crippen molar-refractivity contribution < 1.29 is 17.9 Å². The van der Waals surface area contributed by atoms with Crippen molar-refractivity contribution in [1.82, 2.24) is 0 Å². The third kappa shape index (κ3) is 4.81. The van der Waals surface area contributed by atoms with Crippen LogP contribution in [0.2, 0.25) is 5.02 Å². The summed E-state index contributed by atoms with van der Waals surface area (Å²) >= 11 is 5.95. The van der Waals surface area contributed by atoms with E-state index in [9.17, 15) is 13.2 Å². The lowest BCUT2D eigenvalue weighted by Gasteiger charge is -2.08. The summed E-state index contributed by atoms with van der Waals surface area (Å²) in [7, 11) is -3.52. The van der Waals surface area contributed by atoms with Gasteiger partial charge in [-0.25, -0.2) is 8.42 Å². The van der Waals surface area contributed by atoms with Crippen molar-refractivity contribution in [3.8, 4) is 5.75 Å². The molecule has 6 heteroatoms. The van der Waals surface area contributed by atoms with E-state index >= 15 is 0 Å². The van der Waals surface area contributed by atoms with Crippen LogP contribution in [-0.2, 0) is 14.6 Å². The number of esters is 1. The normalized spacial score (nSPS) is 11.3. The number of rotatable bonds is 5. The van der Waals surface area contributed by atoms with E-state index in [-0.39, 0.29) is 22.8 Å². The molecule has 0 saturated heterocycles. The minimum atomic E-state index is -3.52. The Labute approximate surface area is 141 Å². The molecule has 2 aromatic rings. The van der Waals surface area contributed by atoms with E-state index in [0.29, 0.717) is 5.02 Å². The van der Waals surface area contributed by atoms with E-state index in [1.807, 2.05) is 13.8 Å². The van der Waals surface area contributed by atoms with Gasteiger partial charge in [0.25, 0.3) is 0 Å². The Kier molecular flexibility index (Phi) is 5.44. The number of hydrogen-bond donors (Lipinski definition) is 0. The van der Waals surface area contributed by atoms with Crippen LogP contribution in [0.15, 0.2) is 47.4 Å². The molecule has 0 unspecified atom stereocenters. The van der Waals surface area contributed by atoms with Gasteiger partial charge >= 0.3 is 5.97 Å². The summed E-state index contributed by atoms with van der Waals surface area (Å²) in [6.07, 6.45) is -0.236. The molecule has 0 fully saturated rings. The maximum absolute atomic E-state index is 12.2. The van der Waals surface area contributed by atoms with Crippen molar-refractivity contribution in [2.45, 2.75) is 25.2 Å².